The lowest BCUT2D eigenvalue weighted by Gasteiger charge is -2.36. The molecule has 0 aliphatic heterocycles. The smallest absolute Gasteiger partial charge is 0.159 e. The van der Waals surface area contributed by atoms with Crippen LogP contribution in [0.4, 0.5) is 8.78 Å². The number of benzene rings is 1. The predicted octanol–water partition coefficient (Wildman–Crippen LogP) is 5.45. The fraction of sp³-hybridized carbons (Fsp3) is 0.579. The summed E-state index contributed by atoms with van der Waals surface area (Å²) in [7, 11) is 0. The molecule has 0 bridgehead atoms. The van der Waals surface area contributed by atoms with Gasteiger partial charge >= 0.3 is 0 Å². The Morgan fingerprint density at radius 2 is 1.57 bits per heavy atom. The lowest BCUT2D eigenvalue weighted by Crippen LogP contribution is -2.26. The Morgan fingerprint density at radius 1 is 0.905 bits per heavy atom. The number of fused-ring (bicyclic) bond motifs is 1. The quantitative estimate of drug-likeness (QED) is 0.635. The number of hydrogen-bond donors (Lipinski definition) is 0. The summed E-state index contributed by atoms with van der Waals surface area (Å²) in [6.07, 6.45) is 12.6. The van der Waals surface area contributed by atoms with Gasteiger partial charge in [-0.05, 0) is 92.9 Å². The van der Waals surface area contributed by atoms with Gasteiger partial charge in [-0.2, -0.15) is 0 Å². The number of hydrogen-bond acceptors (Lipinski definition) is 0. The van der Waals surface area contributed by atoms with Crippen LogP contribution in [0.3, 0.4) is 0 Å². The summed E-state index contributed by atoms with van der Waals surface area (Å²) in [5.41, 5.74) is 2.06. The van der Waals surface area contributed by atoms with E-state index in [1.54, 1.807) is 0 Å². The Bertz CT molecular complexity index is 525. The highest BCUT2D eigenvalue weighted by Crippen LogP contribution is 2.40. The maximum atomic E-state index is 13.4. The molecule has 0 aromatic heterocycles. The Labute approximate surface area is 126 Å². The average Bonchev–Trinajstić information content (AvgIpc) is 2.49. The summed E-state index contributed by atoms with van der Waals surface area (Å²) in [6, 6.07) is 2.84. The van der Waals surface area contributed by atoms with E-state index in [2.05, 4.69) is 19.1 Å². The first-order valence-corrected chi connectivity index (χ1v) is 8.27. The van der Waals surface area contributed by atoms with Crippen LogP contribution < -0.4 is 0 Å². The molecule has 0 N–H and O–H groups in total. The summed E-state index contributed by atoms with van der Waals surface area (Å²) in [4.78, 5) is 0. The highest BCUT2D eigenvalue weighted by Gasteiger charge is 2.30. The van der Waals surface area contributed by atoms with E-state index in [-0.39, 0.29) is 0 Å². The maximum Gasteiger partial charge on any atom is 0.159 e. The minimum absolute atomic E-state index is 0.661. The Morgan fingerprint density at radius 3 is 2.24 bits per heavy atom. The summed E-state index contributed by atoms with van der Waals surface area (Å²) in [6.45, 7) is 2.10. The SMILES string of the molecule is C/C=C/C1CCC(C2CCc3cc(F)c(F)cc3C2)CC1. The van der Waals surface area contributed by atoms with Crippen molar-refractivity contribution in [2.75, 3.05) is 0 Å². The van der Waals surface area contributed by atoms with Crippen molar-refractivity contribution < 1.29 is 8.78 Å². The summed E-state index contributed by atoms with van der Waals surface area (Å²) < 4.78 is 26.7. The lowest BCUT2D eigenvalue weighted by atomic mass is 9.70. The van der Waals surface area contributed by atoms with Gasteiger partial charge in [0.2, 0.25) is 0 Å². The normalized spacial score (nSPS) is 29.6. The van der Waals surface area contributed by atoms with Gasteiger partial charge in [-0.25, -0.2) is 8.78 Å². The first-order chi connectivity index (χ1) is 10.2. The van der Waals surface area contributed by atoms with Crippen LogP contribution >= 0.6 is 0 Å². The molecule has 1 unspecified atom stereocenters. The molecule has 21 heavy (non-hydrogen) atoms. The largest absolute Gasteiger partial charge is 0.204 e. The second kappa shape index (κ2) is 6.29. The highest BCUT2D eigenvalue weighted by molar-refractivity contribution is 5.31. The van der Waals surface area contributed by atoms with Crippen LogP contribution in [0, 0.1) is 29.4 Å². The lowest BCUT2D eigenvalue weighted by molar-refractivity contribution is 0.206. The van der Waals surface area contributed by atoms with Gasteiger partial charge in [0, 0.05) is 0 Å². The van der Waals surface area contributed by atoms with E-state index in [4.69, 9.17) is 0 Å². The molecule has 114 valence electrons. The molecule has 2 aliphatic rings. The molecule has 1 aromatic rings. The third-order valence-corrected chi connectivity index (χ3v) is 5.46. The van der Waals surface area contributed by atoms with Crippen LogP contribution in [0.1, 0.15) is 50.2 Å². The van der Waals surface area contributed by atoms with E-state index < -0.39 is 11.6 Å². The fourth-order valence-electron chi connectivity index (χ4n) is 4.26. The zero-order chi connectivity index (χ0) is 14.8. The molecule has 1 saturated carbocycles. The molecule has 2 heteroatoms. The van der Waals surface area contributed by atoms with Crippen molar-refractivity contribution in [3.05, 3.63) is 47.0 Å². The Kier molecular flexibility index (Phi) is 4.42. The zero-order valence-corrected chi connectivity index (χ0v) is 12.7. The van der Waals surface area contributed by atoms with Crippen molar-refractivity contribution in [1.82, 2.24) is 0 Å². The third-order valence-electron chi connectivity index (χ3n) is 5.46. The van der Waals surface area contributed by atoms with E-state index in [0.29, 0.717) is 5.92 Å². The number of aryl methyl sites for hydroxylation is 1. The molecule has 2 aliphatic carbocycles. The van der Waals surface area contributed by atoms with Gasteiger partial charge in [0.15, 0.2) is 11.6 Å². The van der Waals surface area contributed by atoms with Crippen LogP contribution in [0.2, 0.25) is 0 Å². The van der Waals surface area contributed by atoms with Gasteiger partial charge in [-0.1, -0.05) is 12.2 Å². The third kappa shape index (κ3) is 3.20. The molecule has 0 radical (unpaired) electrons. The number of rotatable bonds is 2. The van der Waals surface area contributed by atoms with Gasteiger partial charge in [-0.3, -0.25) is 0 Å². The van der Waals surface area contributed by atoms with E-state index >= 15 is 0 Å². The molecule has 1 fully saturated rings. The molecule has 0 amide bonds. The van der Waals surface area contributed by atoms with Crippen LogP contribution in [-0.4, -0.2) is 0 Å². The van der Waals surface area contributed by atoms with Crippen LogP contribution in [0.15, 0.2) is 24.3 Å². The van der Waals surface area contributed by atoms with Crippen molar-refractivity contribution in [2.45, 2.75) is 51.9 Å². The average molecular weight is 290 g/mol. The van der Waals surface area contributed by atoms with E-state index in [1.165, 1.54) is 37.8 Å². The van der Waals surface area contributed by atoms with Gasteiger partial charge in [0.1, 0.15) is 0 Å². The molecule has 0 spiro atoms. The first kappa shape index (κ1) is 14.7. The second-order valence-electron chi connectivity index (χ2n) is 6.74. The number of allylic oxidation sites excluding steroid dienone is 2. The van der Waals surface area contributed by atoms with Gasteiger partial charge in [0.25, 0.3) is 0 Å². The Balaban J connectivity index is 1.65. The molecule has 0 saturated heterocycles. The van der Waals surface area contributed by atoms with Gasteiger partial charge < -0.3 is 0 Å². The molecular formula is C19H24F2. The van der Waals surface area contributed by atoms with Gasteiger partial charge in [0.05, 0.1) is 0 Å². The monoisotopic (exact) mass is 290 g/mol. The van der Waals surface area contributed by atoms with Crippen LogP contribution in [0.25, 0.3) is 0 Å². The predicted molar refractivity (Wildman–Crippen MR) is 82.1 cm³/mol. The Hall–Kier alpha value is -1.18. The van der Waals surface area contributed by atoms with Crippen molar-refractivity contribution in [3.8, 4) is 0 Å². The molecular weight excluding hydrogens is 266 g/mol. The van der Waals surface area contributed by atoms with Crippen molar-refractivity contribution in [1.29, 1.82) is 0 Å². The zero-order valence-electron chi connectivity index (χ0n) is 12.7. The molecule has 3 rings (SSSR count). The fourth-order valence-corrected chi connectivity index (χ4v) is 4.26. The molecule has 1 atom stereocenters. The topological polar surface area (TPSA) is 0 Å². The summed E-state index contributed by atoms with van der Waals surface area (Å²) in [5, 5.41) is 0. The van der Waals surface area contributed by atoms with Crippen molar-refractivity contribution in [2.24, 2.45) is 17.8 Å². The van der Waals surface area contributed by atoms with Crippen molar-refractivity contribution in [3.63, 3.8) is 0 Å². The van der Waals surface area contributed by atoms with E-state index in [1.807, 2.05) is 0 Å². The maximum absolute atomic E-state index is 13.4. The van der Waals surface area contributed by atoms with Crippen molar-refractivity contribution >= 4 is 0 Å². The second-order valence-corrected chi connectivity index (χ2v) is 6.74. The molecule has 1 aromatic carbocycles. The minimum Gasteiger partial charge on any atom is -0.204 e. The summed E-state index contributed by atoms with van der Waals surface area (Å²) >= 11 is 0. The van der Waals surface area contributed by atoms with Gasteiger partial charge in [-0.15, -0.1) is 0 Å². The van der Waals surface area contributed by atoms with Crippen LogP contribution in [0.5, 0.6) is 0 Å². The summed E-state index contributed by atoms with van der Waals surface area (Å²) in [5.74, 6) is 0.806. The minimum atomic E-state index is -0.695. The standard InChI is InChI=1S/C19H24F2/c1-2-3-13-4-6-14(7-5-13)15-8-9-16-11-18(20)19(21)12-17(16)10-15/h2-3,11-15H,4-10H2,1H3/b3-2+. The van der Waals surface area contributed by atoms with E-state index in [0.717, 1.165) is 42.2 Å². The first-order valence-electron chi connectivity index (χ1n) is 8.27. The van der Waals surface area contributed by atoms with E-state index in [9.17, 15) is 8.78 Å². The number of halogens is 2. The van der Waals surface area contributed by atoms with Crippen LogP contribution in [-0.2, 0) is 12.8 Å². The highest BCUT2D eigenvalue weighted by atomic mass is 19.2. The molecule has 0 heterocycles. The molecule has 0 nitrogen and oxygen atoms in total.